The number of aliphatic hydroxyl groups is 2. The summed E-state index contributed by atoms with van der Waals surface area (Å²) in [6, 6.07) is 0. The fraction of sp³-hybridized carbons (Fsp3) is 1.00. The van der Waals surface area contributed by atoms with E-state index in [1.165, 1.54) is 77.0 Å². The zero-order valence-electron chi connectivity index (χ0n) is 13.8. The van der Waals surface area contributed by atoms with Crippen LogP contribution in [0, 0.1) is 5.92 Å². The van der Waals surface area contributed by atoms with Gasteiger partial charge < -0.3 is 10.2 Å². The van der Waals surface area contributed by atoms with Crippen LogP contribution in [0.1, 0.15) is 96.8 Å². The van der Waals surface area contributed by atoms with Gasteiger partial charge in [-0.05, 0) is 25.2 Å². The molecular formula is C18H38O2. The van der Waals surface area contributed by atoms with Crippen molar-refractivity contribution in [2.45, 2.75) is 96.8 Å². The summed E-state index contributed by atoms with van der Waals surface area (Å²) in [5.74, 6) is 0.540. The van der Waals surface area contributed by atoms with Crippen molar-refractivity contribution < 1.29 is 10.2 Å². The second kappa shape index (κ2) is 17.0. The molecule has 2 N–H and O–H groups in total. The Hall–Kier alpha value is -0.0800. The first kappa shape index (κ1) is 19.9. The summed E-state index contributed by atoms with van der Waals surface area (Å²) in [4.78, 5) is 0. The Bertz CT molecular complexity index is 171. The van der Waals surface area contributed by atoms with Gasteiger partial charge in [-0.25, -0.2) is 0 Å². The number of aliphatic hydroxyl groups excluding tert-OH is 2. The highest BCUT2D eigenvalue weighted by Crippen LogP contribution is 2.18. The Labute approximate surface area is 127 Å². The van der Waals surface area contributed by atoms with Gasteiger partial charge in [0.1, 0.15) is 0 Å². The average Bonchev–Trinajstić information content (AvgIpc) is 2.47. The maximum Gasteiger partial charge on any atom is 0.0459 e. The van der Waals surface area contributed by atoms with Gasteiger partial charge >= 0.3 is 0 Å². The molecule has 0 aliphatic heterocycles. The summed E-state index contributed by atoms with van der Waals surface area (Å²) in [7, 11) is 0. The standard InChI is InChI=1S/C18H38O2/c1-2-3-4-5-8-11-14-18(17-20)15-12-9-6-7-10-13-16-19/h18-20H,2-17H2,1H3. The van der Waals surface area contributed by atoms with Crippen molar-refractivity contribution in [1.29, 1.82) is 0 Å². The second-order valence-electron chi connectivity index (χ2n) is 6.24. The lowest BCUT2D eigenvalue weighted by molar-refractivity contribution is 0.204. The maximum atomic E-state index is 9.41. The van der Waals surface area contributed by atoms with E-state index in [1.807, 2.05) is 0 Å². The van der Waals surface area contributed by atoms with Crippen molar-refractivity contribution in [2.75, 3.05) is 13.2 Å². The first-order chi connectivity index (χ1) is 9.85. The van der Waals surface area contributed by atoms with Crippen molar-refractivity contribution in [2.24, 2.45) is 5.92 Å². The molecule has 1 unspecified atom stereocenters. The molecule has 0 saturated carbocycles. The maximum absolute atomic E-state index is 9.41. The fourth-order valence-corrected chi connectivity index (χ4v) is 2.79. The zero-order valence-corrected chi connectivity index (χ0v) is 13.8. The first-order valence-corrected chi connectivity index (χ1v) is 9.06. The van der Waals surface area contributed by atoms with E-state index in [0.717, 1.165) is 12.8 Å². The largest absolute Gasteiger partial charge is 0.396 e. The first-order valence-electron chi connectivity index (χ1n) is 9.06. The van der Waals surface area contributed by atoms with Crippen LogP contribution in [-0.2, 0) is 0 Å². The fourth-order valence-electron chi connectivity index (χ4n) is 2.79. The highest BCUT2D eigenvalue weighted by molar-refractivity contribution is 4.59. The summed E-state index contributed by atoms with van der Waals surface area (Å²) in [5, 5.41) is 18.1. The Morgan fingerprint density at radius 2 is 1.05 bits per heavy atom. The van der Waals surface area contributed by atoms with Gasteiger partial charge in [0.15, 0.2) is 0 Å². The van der Waals surface area contributed by atoms with Crippen molar-refractivity contribution >= 4 is 0 Å². The van der Waals surface area contributed by atoms with E-state index in [9.17, 15) is 5.11 Å². The van der Waals surface area contributed by atoms with E-state index in [2.05, 4.69) is 6.92 Å². The van der Waals surface area contributed by atoms with Crippen molar-refractivity contribution in [3.05, 3.63) is 0 Å². The third-order valence-corrected chi connectivity index (χ3v) is 4.24. The average molecular weight is 286 g/mol. The highest BCUT2D eigenvalue weighted by atomic mass is 16.3. The smallest absolute Gasteiger partial charge is 0.0459 e. The molecule has 0 aromatic rings. The molecule has 0 saturated heterocycles. The molecule has 1 atom stereocenters. The lowest BCUT2D eigenvalue weighted by Crippen LogP contribution is -2.06. The normalized spacial score (nSPS) is 12.8. The molecule has 20 heavy (non-hydrogen) atoms. The summed E-state index contributed by atoms with van der Waals surface area (Å²) in [5.41, 5.74) is 0. The SMILES string of the molecule is CCCCCCCCC(CO)CCCCCCCCO. The van der Waals surface area contributed by atoms with Crippen molar-refractivity contribution in [3.63, 3.8) is 0 Å². The van der Waals surface area contributed by atoms with E-state index < -0.39 is 0 Å². The minimum Gasteiger partial charge on any atom is -0.396 e. The van der Waals surface area contributed by atoms with Crippen LogP contribution in [0.5, 0.6) is 0 Å². The summed E-state index contributed by atoms with van der Waals surface area (Å²) in [6.45, 7) is 2.97. The second-order valence-corrected chi connectivity index (χ2v) is 6.24. The van der Waals surface area contributed by atoms with Crippen LogP contribution in [0.3, 0.4) is 0 Å². The Balaban J connectivity index is 3.29. The van der Waals surface area contributed by atoms with E-state index >= 15 is 0 Å². The molecular weight excluding hydrogens is 248 g/mol. The minimum atomic E-state index is 0.338. The molecule has 2 nitrogen and oxygen atoms in total. The molecule has 0 aliphatic rings. The van der Waals surface area contributed by atoms with Gasteiger partial charge in [0.05, 0.1) is 0 Å². The molecule has 0 spiro atoms. The molecule has 2 heteroatoms. The summed E-state index contributed by atoms with van der Waals surface area (Å²) < 4.78 is 0. The molecule has 0 fully saturated rings. The summed E-state index contributed by atoms with van der Waals surface area (Å²) in [6.07, 6.45) is 17.7. The molecule has 122 valence electrons. The highest BCUT2D eigenvalue weighted by Gasteiger charge is 2.06. The molecule has 0 aromatic carbocycles. The molecule has 0 heterocycles. The van der Waals surface area contributed by atoms with Gasteiger partial charge in [0, 0.05) is 13.2 Å². The van der Waals surface area contributed by atoms with Crippen molar-refractivity contribution in [1.82, 2.24) is 0 Å². The van der Waals surface area contributed by atoms with Gasteiger partial charge in [-0.15, -0.1) is 0 Å². The van der Waals surface area contributed by atoms with Crippen LogP contribution in [0.25, 0.3) is 0 Å². The van der Waals surface area contributed by atoms with Crippen LogP contribution >= 0.6 is 0 Å². The monoisotopic (exact) mass is 286 g/mol. The molecule has 0 aliphatic carbocycles. The van der Waals surface area contributed by atoms with Crippen LogP contribution < -0.4 is 0 Å². The van der Waals surface area contributed by atoms with Gasteiger partial charge in [-0.2, -0.15) is 0 Å². The number of hydrogen-bond donors (Lipinski definition) is 2. The predicted octanol–water partition coefficient (Wildman–Crippen LogP) is 5.07. The quantitative estimate of drug-likeness (QED) is 0.389. The number of rotatable bonds is 16. The van der Waals surface area contributed by atoms with Crippen LogP contribution in [-0.4, -0.2) is 23.4 Å². The Morgan fingerprint density at radius 3 is 1.50 bits per heavy atom. The molecule has 0 radical (unpaired) electrons. The predicted molar refractivity (Wildman–Crippen MR) is 88.0 cm³/mol. The van der Waals surface area contributed by atoms with E-state index in [1.54, 1.807) is 0 Å². The van der Waals surface area contributed by atoms with Gasteiger partial charge in [-0.3, -0.25) is 0 Å². The zero-order chi connectivity index (χ0) is 14.9. The Kier molecular flexibility index (Phi) is 16.9. The van der Waals surface area contributed by atoms with E-state index in [-0.39, 0.29) is 0 Å². The molecule has 0 bridgehead atoms. The van der Waals surface area contributed by atoms with E-state index in [4.69, 9.17) is 5.11 Å². The third kappa shape index (κ3) is 14.3. The topological polar surface area (TPSA) is 40.5 Å². The van der Waals surface area contributed by atoms with E-state index in [0.29, 0.717) is 19.1 Å². The lowest BCUT2D eigenvalue weighted by atomic mass is 9.95. The third-order valence-electron chi connectivity index (χ3n) is 4.24. The molecule has 0 amide bonds. The van der Waals surface area contributed by atoms with Crippen molar-refractivity contribution in [3.8, 4) is 0 Å². The molecule has 0 rings (SSSR count). The van der Waals surface area contributed by atoms with Crippen LogP contribution in [0.2, 0.25) is 0 Å². The van der Waals surface area contributed by atoms with Gasteiger partial charge in [0.25, 0.3) is 0 Å². The number of hydrogen-bond acceptors (Lipinski definition) is 2. The van der Waals surface area contributed by atoms with Crippen LogP contribution in [0.4, 0.5) is 0 Å². The van der Waals surface area contributed by atoms with Gasteiger partial charge in [0.2, 0.25) is 0 Å². The lowest BCUT2D eigenvalue weighted by Gasteiger charge is -2.13. The van der Waals surface area contributed by atoms with Crippen LogP contribution in [0.15, 0.2) is 0 Å². The minimum absolute atomic E-state index is 0.338. The van der Waals surface area contributed by atoms with Gasteiger partial charge in [-0.1, -0.05) is 77.6 Å². The summed E-state index contributed by atoms with van der Waals surface area (Å²) >= 11 is 0. The number of unbranched alkanes of at least 4 members (excludes halogenated alkanes) is 10. The molecule has 0 aromatic heterocycles. The Morgan fingerprint density at radius 1 is 0.600 bits per heavy atom.